The first-order valence-corrected chi connectivity index (χ1v) is 9.83. The molecule has 0 aromatic heterocycles. The van der Waals surface area contributed by atoms with E-state index in [4.69, 9.17) is 0 Å². The van der Waals surface area contributed by atoms with Crippen LogP contribution >= 0.6 is 0 Å². The number of halogens is 2. The van der Waals surface area contributed by atoms with Crippen molar-refractivity contribution in [3.05, 3.63) is 42.0 Å². The molecule has 3 heteroatoms. The third-order valence-corrected chi connectivity index (χ3v) is 8.52. The van der Waals surface area contributed by atoms with E-state index in [2.05, 4.69) is 31.2 Å². The van der Waals surface area contributed by atoms with E-state index in [9.17, 15) is 0 Å². The smallest absolute Gasteiger partial charge is 1.00 e. The van der Waals surface area contributed by atoms with Gasteiger partial charge in [-0.3, -0.25) is 0 Å². The molecule has 1 saturated carbocycles. The van der Waals surface area contributed by atoms with Crippen LogP contribution in [-0.4, -0.2) is 0 Å². The maximum absolute atomic E-state index is 2.57. The van der Waals surface area contributed by atoms with Crippen molar-refractivity contribution in [3.63, 3.8) is 0 Å². The quantitative estimate of drug-likeness (QED) is 0.588. The summed E-state index contributed by atoms with van der Waals surface area (Å²) < 4.78 is 3.64. The molecule has 20 heavy (non-hydrogen) atoms. The standard InChI is InChI=1S/C12H17.C5H5.2ClH.Zr/c1-10-7-8-12(9-10)11-5-3-2-4-6-11;1-2-4-5-3-1;;;/h8,11H,2-7H2,1H3;1-3H,4H2;2*1H;/q;;;;+2/p-2. The molecule has 0 aromatic rings. The van der Waals surface area contributed by atoms with E-state index in [1.54, 1.807) is 14.4 Å². The summed E-state index contributed by atoms with van der Waals surface area (Å²) in [6.07, 6.45) is 19.4. The topological polar surface area (TPSA) is 0 Å². The number of hydrogen-bond acceptors (Lipinski definition) is 0. The van der Waals surface area contributed by atoms with Gasteiger partial charge in [-0.25, -0.2) is 0 Å². The first kappa shape index (κ1) is 18.5. The van der Waals surface area contributed by atoms with Crippen LogP contribution in [0.25, 0.3) is 0 Å². The summed E-state index contributed by atoms with van der Waals surface area (Å²) in [5.41, 5.74) is 3.50. The monoisotopic (exact) mass is 386 g/mol. The second-order valence-corrected chi connectivity index (χ2v) is 9.23. The van der Waals surface area contributed by atoms with E-state index in [1.165, 1.54) is 44.9 Å². The van der Waals surface area contributed by atoms with Gasteiger partial charge in [0.25, 0.3) is 0 Å². The Kier molecular flexibility index (Phi) is 8.10. The molecule has 108 valence electrons. The zero-order valence-electron chi connectivity index (χ0n) is 12.1. The van der Waals surface area contributed by atoms with E-state index in [0.29, 0.717) is 0 Å². The molecule has 0 bridgehead atoms. The van der Waals surface area contributed by atoms with Crippen molar-refractivity contribution >= 4 is 0 Å². The van der Waals surface area contributed by atoms with Crippen LogP contribution in [0.2, 0.25) is 0 Å². The van der Waals surface area contributed by atoms with Gasteiger partial charge in [0.05, 0.1) is 0 Å². The molecule has 0 amide bonds. The number of hydrogen-bond donors (Lipinski definition) is 0. The van der Waals surface area contributed by atoms with Crippen LogP contribution in [0.3, 0.4) is 0 Å². The van der Waals surface area contributed by atoms with E-state index in [-0.39, 0.29) is 24.8 Å². The summed E-state index contributed by atoms with van der Waals surface area (Å²) in [7, 11) is 0. The molecule has 0 N–H and O–H groups in total. The molecule has 3 aliphatic carbocycles. The Hall–Kier alpha value is 0.423. The van der Waals surface area contributed by atoms with Gasteiger partial charge >= 0.3 is 123 Å². The molecular formula is C17H22Cl2Zr. The van der Waals surface area contributed by atoms with Crippen molar-refractivity contribution in [2.75, 3.05) is 0 Å². The van der Waals surface area contributed by atoms with Gasteiger partial charge in [0, 0.05) is 0 Å². The van der Waals surface area contributed by atoms with Crippen LogP contribution in [0.1, 0.15) is 51.9 Å². The van der Waals surface area contributed by atoms with Crippen molar-refractivity contribution in [3.8, 4) is 0 Å². The largest absolute Gasteiger partial charge is 1.00 e. The molecule has 0 nitrogen and oxygen atoms in total. The Bertz CT molecular complexity index is 452. The van der Waals surface area contributed by atoms with Crippen LogP contribution in [0.15, 0.2) is 42.0 Å². The summed E-state index contributed by atoms with van der Waals surface area (Å²) in [6, 6.07) is 0. The van der Waals surface area contributed by atoms with Gasteiger partial charge in [-0.2, -0.15) is 0 Å². The Balaban J connectivity index is 0.000001000. The molecule has 0 aliphatic heterocycles. The first-order valence-electron chi connectivity index (χ1n) is 7.37. The Morgan fingerprint density at radius 2 is 1.80 bits per heavy atom. The third kappa shape index (κ3) is 4.22. The molecule has 0 radical (unpaired) electrons. The van der Waals surface area contributed by atoms with Crippen LogP contribution < -0.4 is 24.8 Å². The fourth-order valence-corrected chi connectivity index (χ4v) is 7.03. The zero-order chi connectivity index (χ0) is 12.4. The predicted octanol–water partition coefficient (Wildman–Crippen LogP) is -0.895. The summed E-state index contributed by atoms with van der Waals surface area (Å²) in [4.78, 5) is 0. The Morgan fingerprint density at radius 1 is 1.05 bits per heavy atom. The van der Waals surface area contributed by atoms with Crippen molar-refractivity contribution in [2.24, 2.45) is 5.92 Å². The average Bonchev–Trinajstić information content (AvgIpc) is 3.03. The molecule has 0 spiro atoms. The van der Waals surface area contributed by atoms with E-state index in [0.717, 1.165) is 5.92 Å². The van der Waals surface area contributed by atoms with Crippen LogP contribution in [0.5, 0.6) is 0 Å². The van der Waals surface area contributed by atoms with Gasteiger partial charge in [-0.05, 0) is 0 Å². The molecule has 0 unspecified atom stereocenters. The summed E-state index contributed by atoms with van der Waals surface area (Å²) in [6.45, 7) is 2.38. The van der Waals surface area contributed by atoms with Gasteiger partial charge < -0.3 is 24.8 Å². The summed E-state index contributed by atoms with van der Waals surface area (Å²) in [5, 5.41) is 0. The van der Waals surface area contributed by atoms with Crippen LogP contribution in [-0.2, 0) is 23.2 Å². The molecular weight excluding hydrogens is 366 g/mol. The molecule has 3 rings (SSSR count). The maximum Gasteiger partial charge on any atom is -1.00 e. The fraction of sp³-hybridized carbons (Fsp3) is 0.529. The predicted molar refractivity (Wildman–Crippen MR) is 73.8 cm³/mol. The number of allylic oxidation sites excluding steroid dienone is 8. The minimum atomic E-state index is -0.474. The van der Waals surface area contributed by atoms with E-state index >= 15 is 0 Å². The second kappa shape index (κ2) is 8.77. The van der Waals surface area contributed by atoms with Gasteiger partial charge in [0.1, 0.15) is 0 Å². The maximum atomic E-state index is 2.57. The van der Waals surface area contributed by atoms with Crippen molar-refractivity contribution in [2.45, 2.75) is 51.9 Å². The first-order chi connectivity index (χ1) is 8.84. The number of rotatable bonds is 3. The minimum absolute atomic E-state index is 0. The molecule has 0 saturated heterocycles. The van der Waals surface area contributed by atoms with Gasteiger partial charge in [-0.1, -0.05) is 0 Å². The SMILES string of the molecule is CC1=[C]([Zr+2][C]2=CC=CC2)C(C2CCCCC2)=CC1.[Cl-].[Cl-]. The van der Waals surface area contributed by atoms with Gasteiger partial charge in [0.2, 0.25) is 0 Å². The molecule has 0 heterocycles. The Morgan fingerprint density at radius 3 is 2.45 bits per heavy atom. The van der Waals surface area contributed by atoms with Crippen molar-refractivity contribution in [1.29, 1.82) is 0 Å². The molecule has 3 aliphatic rings. The van der Waals surface area contributed by atoms with Gasteiger partial charge in [0.15, 0.2) is 0 Å². The minimum Gasteiger partial charge on any atom is -1.00 e. The molecule has 1 fully saturated rings. The molecule has 0 aromatic carbocycles. The summed E-state index contributed by atoms with van der Waals surface area (Å²) in [5.74, 6) is 0.919. The van der Waals surface area contributed by atoms with Crippen molar-refractivity contribution in [1.82, 2.24) is 0 Å². The average molecular weight is 388 g/mol. The van der Waals surface area contributed by atoms with E-state index < -0.39 is 23.2 Å². The van der Waals surface area contributed by atoms with Crippen LogP contribution in [0.4, 0.5) is 0 Å². The van der Waals surface area contributed by atoms with Gasteiger partial charge in [-0.15, -0.1) is 0 Å². The van der Waals surface area contributed by atoms with Crippen molar-refractivity contribution < 1.29 is 48.0 Å². The second-order valence-electron chi connectivity index (χ2n) is 5.80. The van der Waals surface area contributed by atoms with E-state index in [1.807, 2.05) is 3.28 Å². The zero-order valence-corrected chi connectivity index (χ0v) is 16.1. The Labute approximate surface area is 147 Å². The third-order valence-electron chi connectivity index (χ3n) is 4.45. The van der Waals surface area contributed by atoms with Crippen LogP contribution in [0, 0.1) is 5.92 Å². The fourth-order valence-electron chi connectivity index (χ4n) is 3.38. The normalized spacial score (nSPS) is 21.9. The summed E-state index contributed by atoms with van der Waals surface area (Å²) >= 11 is -0.474. The molecule has 0 atom stereocenters.